The molecule has 0 bridgehead atoms. The number of hydrogen-bond acceptors (Lipinski definition) is 4. The van der Waals surface area contributed by atoms with Crippen LogP contribution in [0.1, 0.15) is 17.0 Å². The average molecular weight is 251 g/mol. The molecule has 1 fully saturated rings. The highest BCUT2D eigenvalue weighted by Gasteiger charge is 2.16. The van der Waals surface area contributed by atoms with Crippen LogP contribution in [0.25, 0.3) is 0 Å². The standard InChI is InChI=1S/C13H21N3S/c1-11-8-13(9-12(2)14-11)10-15-4-6-16(17-3)7-5-15/h8-9H,4-7,10H2,1-3H3. The van der Waals surface area contributed by atoms with Gasteiger partial charge in [0.1, 0.15) is 0 Å². The highest BCUT2D eigenvalue weighted by atomic mass is 32.2. The van der Waals surface area contributed by atoms with Crippen molar-refractivity contribution >= 4 is 11.9 Å². The van der Waals surface area contributed by atoms with Crippen molar-refractivity contribution in [3.8, 4) is 0 Å². The lowest BCUT2D eigenvalue weighted by atomic mass is 10.2. The first-order valence-electron chi connectivity index (χ1n) is 6.13. The van der Waals surface area contributed by atoms with Gasteiger partial charge in [-0.1, -0.05) is 11.9 Å². The third kappa shape index (κ3) is 3.69. The maximum Gasteiger partial charge on any atom is 0.0379 e. The molecule has 0 N–H and O–H groups in total. The van der Waals surface area contributed by atoms with E-state index in [1.165, 1.54) is 31.7 Å². The summed E-state index contributed by atoms with van der Waals surface area (Å²) in [4.78, 5) is 6.95. The molecule has 1 aromatic rings. The lowest BCUT2D eigenvalue weighted by Gasteiger charge is -2.33. The van der Waals surface area contributed by atoms with Gasteiger partial charge in [0.25, 0.3) is 0 Å². The minimum Gasteiger partial charge on any atom is -0.296 e. The quantitative estimate of drug-likeness (QED) is 0.766. The van der Waals surface area contributed by atoms with Crippen LogP contribution in [0, 0.1) is 13.8 Å². The number of aryl methyl sites for hydroxylation is 2. The van der Waals surface area contributed by atoms with Crippen molar-refractivity contribution in [1.29, 1.82) is 0 Å². The van der Waals surface area contributed by atoms with E-state index in [1.807, 2.05) is 11.9 Å². The Labute approximate surface area is 108 Å². The maximum absolute atomic E-state index is 4.42. The fraction of sp³-hybridized carbons (Fsp3) is 0.615. The van der Waals surface area contributed by atoms with E-state index in [2.05, 4.69) is 46.4 Å². The van der Waals surface area contributed by atoms with Gasteiger partial charge >= 0.3 is 0 Å². The number of rotatable bonds is 3. The number of pyridine rings is 1. The van der Waals surface area contributed by atoms with Crippen molar-refractivity contribution in [3.05, 3.63) is 29.1 Å². The van der Waals surface area contributed by atoms with Crippen LogP contribution >= 0.6 is 11.9 Å². The second-order valence-electron chi connectivity index (χ2n) is 4.65. The van der Waals surface area contributed by atoms with Crippen LogP contribution in [-0.4, -0.2) is 46.6 Å². The minimum absolute atomic E-state index is 1.06. The summed E-state index contributed by atoms with van der Waals surface area (Å²) in [5.74, 6) is 0. The van der Waals surface area contributed by atoms with Crippen molar-refractivity contribution < 1.29 is 0 Å². The van der Waals surface area contributed by atoms with Crippen LogP contribution in [0.3, 0.4) is 0 Å². The maximum atomic E-state index is 4.42. The molecule has 0 radical (unpaired) electrons. The first-order valence-corrected chi connectivity index (χ1v) is 7.31. The Hall–Kier alpha value is -0.580. The third-order valence-corrected chi connectivity index (χ3v) is 4.02. The average Bonchev–Trinajstić information content (AvgIpc) is 2.28. The van der Waals surface area contributed by atoms with Crippen molar-refractivity contribution in [2.75, 3.05) is 32.4 Å². The Morgan fingerprint density at radius 3 is 2.24 bits per heavy atom. The monoisotopic (exact) mass is 251 g/mol. The second-order valence-corrected chi connectivity index (χ2v) is 5.53. The Morgan fingerprint density at radius 1 is 1.12 bits per heavy atom. The number of hydrogen-bond donors (Lipinski definition) is 0. The molecule has 2 rings (SSSR count). The van der Waals surface area contributed by atoms with E-state index in [-0.39, 0.29) is 0 Å². The Bertz CT molecular complexity index is 353. The van der Waals surface area contributed by atoms with Crippen LogP contribution in [0.5, 0.6) is 0 Å². The lowest BCUT2D eigenvalue weighted by Crippen LogP contribution is -2.42. The van der Waals surface area contributed by atoms with Crippen molar-refractivity contribution in [2.24, 2.45) is 0 Å². The molecule has 17 heavy (non-hydrogen) atoms. The number of nitrogens with zero attached hydrogens (tertiary/aromatic N) is 3. The summed E-state index contributed by atoms with van der Waals surface area (Å²) in [6.07, 6.45) is 2.16. The molecule has 0 amide bonds. The first-order chi connectivity index (χ1) is 8.17. The van der Waals surface area contributed by atoms with Crippen LogP contribution in [0.15, 0.2) is 12.1 Å². The highest BCUT2D eigenvalue weighted by Crippen LogP contribution is 2.13. The minimum atomic E-state index is 1.06. The van der Waals surface area contributed by atoms with Crippen LogP contribution in [-0.2, 0) is 6.54 Å². The van der Waals surface area contributed by atoms with Gasteiger partial charge in [-0.15, -0.1) is 0 Å². The Balaban J connectivity index is 1.93. The topological polar surface area (TPSA) is 19.4 Å². The van der Waals surface area contributed by atoms with Crippen LogP contribution in [0.2, 0.25) is 0 Å². The molecule has 1 aromatic heterocycles. The second kappa shape index (κ2) is 5.85. The summed E-state index contributed by atoms with van der Waals surface area (Å²) >= 11 is 1.86. The molecular formula is C13H21N3S. The van der Waals surface area contributed by atoms with Crippen LogP contribution < -0.4 is 0 Å². The molecule has 2 heterocycles. The molecule has 0 atom stereocenters. The molecule has 1 aliphatic heterocycles. The zero-order chi connectivity index (χ0) is 12.3. The lowest BCUT2D eigenvalue weighted by molar-refractivity contribution is 0.189. The predicted molar refractivity (Wildman–Crippen MR) is 74.1 cm³/mol. The smallest absolute Gasteiger partial charge is 0.0379 e. The van der Waals surface area contributed by atoms with E-state index in [4.69, 9.17) is 0 Å². The summed E-state index contributed by atoms with van der Waals surface area (Å²) < 4.78 is 2.43. The largest absolute Gasteiger partial charge is 0.296 e. The van der Waals surface area contributed by atoms with Gasteiger partial charge in [-0.25, -0.2) is 4.31 Å². The summed E-state index contributed by atoms with van der Waals surface area (Å²) in [6, 6.07) is 4.40. The van der Waals surface area contributed by atoms with Gasteiger partial charge in [0.05, 0.1) is 0 Å². The van der Waals surface area contributed by atoms with E-state index < -0.39 is 0 Å². The van der Waals surface area contributed by atoms with Gasteiger partial charge in [-0.05, 0) is 37.8 Å². The molecule has 4 heteroatoms. The fourth-order valence-electron chi connectivity index (χ4n) is 2.34. The van der Waals surface area contributed by atoms with E-state index in [1.54, 1.807) is 0 Å². The molecule has 3 nitrogen and oxygen atoms in total. The van der Waals surface area contributed by atoms with Crippen molar-refractivity contribution in [1.82, 2.24) is 14.2 Å². The molecule has 1 saturated heterocycles. The summed E-state index contributed by atoms with van der Waals surface area (Å²) in [5.41, 5.74) is 3.65. The predicted octanol–water partition coefficient (Wildman–Crippen LogP) is 2.09. The van der Waals surface area contributed by atoms with Gasteiger partial charge in [0.2, 0.25) is 0 Å². The molecule has 0 spiro atoms. The first kappa shape index (κ1) is 12.9. The van der Waals surface area contributed by atoms with Gasteiger partial charge < -0.3 is 0 Å². The Kier molecular flexibility index (Phi) is 4.42. The summed E-state index contributed by atoms with van der Waals surface area (Å²) in [7, 11) is 0. The van der Waals surface area contributed by atoms with Gasteiger partial charge in [-0.3, -0.25) is 9.88 Å². The normalized spacial score (nSPS) is 18.5. The zero-order valence-corrected chi connectivity index (χ0v) is 11.8. The zero-order valence-electron chi connectivity index (χ0n) is 10.9. The van der Waals surface area contributed by atoms with Crippen molar-refractivity contribution in [3.63, 3.8) is 0 Å². The third-order valence-electron chi connectivity index (χ3n) is 3.14. The SMILES string of the molecule is CSN1CCN(Cc2cc(C)nc(C)c2)CC1. The fourth-order valence-corrected chi connectivity index (χ4v) is 2.87. The molecular weight excluding hydrogens is 230 g/mol. The summed E-state index contributed by atoms with van der Waals surface area (Å²) in [5, 5.41) is 0. The highest BCUT2D eigenvalue weighted by molar-refractivity contribution is 7.96. The van der Waals surface area contributed by atoms with E-state index in [0.717, 1.165) is 17.9 Å². The van der Waals surface area contributed by atoms with Gasteiger partial charge in [0, 0.05) is 44.1 Å². The van der Waals surface area contributed by atoms with Crippen LogP contribution in [0.4, 0.5) is 0 Å². The molecule has 0 saturated carbocycles. The van der Waals surface area contributed by atoms with Gasteiger partial charge in [-0.2, -0.15) is 0 Å². The Morgan fingerprint density at radius 2 is 1.71 bits per heavy atom. The van der Waals surface area contributed by atoms with Crippen molar-refractivity contribution in [2.45, 2.75) is 20.4 Å². The van der Waals surface area contributed by atoms with Gasteiger partial charge in [0.15, 0.2) is 0 Å². The molecule has 0 aliphatic carbocycles. The number of aromatic nitrogens is 1. The molecule has 0 unspecified atom stereocenters. The molecule has 94 valence electrons. The van der Waals surface area contributed by atoms with E-state index in [0.29, 0.717) is 0 Å². The molecule has 0 aromatic carbocycles. The molecule has 1 aliphatic rings. The van der Waals surface area contributed by atoms with E-state index in [9.17, 15) is 0 Å². The number of piperazine rings is 1. The van der Waals surface area contributed by atoms with E-state index >= 15 is 0 Å². The summed E-state index contributed by atoms with van der Waals surface area (Å²) in [6.45, 7) is 9.88.